The highest BCUT2D eigenvalue weighted by molar-refractivity contribution is 4.94. The van der Waals surface area contributed by atoms with Crippen molar-refractivity contribution in [3.63, 3.8) is 0 Å². The quantitative estimate of drug-likeness (QED) is 0.497. The molecule has 1 nitrogen and oxygen atoms in total. The average Bonchev–Trinajstić information content (AvgIpc) is 1.96. The molecule has 0 radical (unpaired) electrons. The maximum atomic E-state index is 4.02. The van der Waals surface area contributed by atoms with E-state index in [9.17, 15) is 0 Å². The summed E-state index contributed by atoms with van der Waals surface area (Å²) in [5, 5.41) is 0. The largest absolute Gasteiger partial charge is 0.378 e. The molecule has 1 unspecified atom stereocenters. The summed E-state index contributed by atoms with van der Waals surface area (Å²) >= 11 is 0. The fraction of sp³-hybridized carbons (Fsp3) is 0.778. The van der Waals surface area contributed by atoms with Crippen LogP contribution in [0.4, 0.5) is 0 Å². The summed E-state index contributed by atoms with van der Waals surface area (Å²) in [7, 11) is 2.14. The summed E-state index contributed by atoms with van der Waals surface area (Å²) in [5.41, 5.74) is 1.31. The Morgan fingerprint density at radius 1 is 1.60 bits per heavy atom. The molecule has 0 saturated carbocycles. The number of allylic oxidation sites excluding steroid dienone is 1. The highest BCUT2D eigenvalue weighted by Crippen LogP contribution is 2.20. The van der Waals surface area contributed by atoms with Gasteiger partial charge in [-0.05, 0) is 25.2 Å². The molecule has 0 N–H and O–H groups in total. The van der Waals surface area contributed by atoms with Gasteiger partial charge in [-0.25, -0.2) is 0 Å². The molecule has 1 atom stereocenters. The summed E-state index contributed by atoms with van der Waals surface area (Å²) in [6.07, 6.45) is 3.88. The minimum absolute atomic E-state index is 0.851. The van der Waals surface area contributed by atoms with Gasteiger partial charge in [-0.1, -0.05) is 13.5 Å². The molecule has 0 aromatic carbocycles. The molecule has 0 aromatic heterocycles. The maximum Gasteiger partial charge on any atom is 0.0197 e. The Balaban J connectivity index is 2.49. The third-order valence-corrected chi connectivity index (χ3v) is 2.29. The molecule has 0 bridgehead atoms. The molecule has 0 aromatic rings. The van der Waals surface area contributed by atoms with Crippen molar-refractivity contribution in [2.75, 3.05) is 13.6 Å². The van der Waals surface area contributed by atoms with E-state index in [1.807, 2.05) is 0 Å². The van der Waals surface area contributed by atoms with Crippen LogP contribution in [0.5, 0.6) is 0 Å². The van der Waals surface area contributed by atoms with Crippen molar-refractivity contribution in [3.05, 3.63) is 12.3 Å². The fourth-order valence-corrected chi connectivity index (χ4v) is 1.53. The first-order valence-electron chi connectivity index (χ1n) is 4.09. The first kappa shape index (κ1) is 7.64. The maximum absolute atomic E-state index is 4.02. The van der Waals surface area contributed by atoms with Crippen molar-refractivity contribution in [2.24, 2.45) is 5.92 Å². The van der Waals surface area contributed by atoms with Gasteiger partial charge < -0.3 is 4.90 Å². The number of hydrogen-bond acceptors (Lipinski definition) is 1. The number of nitrogens with zero attached hydrogens (tertiary/aromatic N) is 1. The number of likely N-dealkylation sites (tertiary alicyclic amines) is 1. The van der Waals surface area contributed by atoms with Crippen molar-refractivity contribution in [1.82, 2.24) is 4.90 Å². The molecule has 0 amide bonds. The number of rotatable bonds is 0. The smallest absolute Gasteiger partial charge is 0.0197 e. The molecule has 1 heteroatoms. The van der Waals surface area contributed by atoms with E-state index in [-0.39, 0.29) is 0 Å². The van der Waals surface area contributed by atoms with E-state index in [1.165, 1.54) is 31.5 Å². The van der Waals surface area contributed by atoms with E-state index in [0.717, 1.165) is 5.92 Å². The first-order chi connectivity index (χ1) is 4.70. The van der Waals surface area contributed by atoms with Gasteiger partial charge in [0.05, 0.1) is 0 Å². The lowest BCUT2D eigenvalue weighted by atomic mass is 10.1. The van der Waals surface area contributed by atoms with Crippen molar-refractivity contribution >= 4 is 0 Å². The summed E-state index contributed by atoms with van der Waals surface area (Å²) in [6, 6.07) is 0. The van der Waals surface area contributed by atoms with Gasteiger partial charge >= 0.3 is 0 Å². The zero-order valence-corrected chi connectivity index (χ0v) is 7.06. The average molecular weight is 139 g/mol. The third-order valence-electron chi connectivity index (χ3n) is 2.29. The second-order valence-corrected chi connectivity index (χ2v) is 3.44. The SMILES string of the molecule is C=C1CCCC(C)CN1C. The van der Waals surface area contributed by atoms with Crippen molar-refractivity contribution < 1.29 is 0 Å². The van der Waals surface area contributed by atoms with Crippen molar-refractivity contribution in [1.29, 1.82) is 0 Å². The van der Waals surface area contributed by atoms with Gasteiger partial charge in [0.1, 0.15) is 0 Å². The summed E-state index contributed by atoms with van der Waals surface area (Å²) in [6.45, 7) is 7.52. The lowest BCUT2D eigenvalue weighted by Gasteiger charge is -2.20. The van der Waals surface area contributed by atoms with Crippen LogP contribution in [0.2, 0.25) is 0 Å². The molecular formula is C9H17N. The van der Waals surface area contributed by atoms with Crippen molar-refractivity contribution in [2.45, 2.75) is 26.2 Å². The third kappa shape index (κ3) is 1.76. The van der Waals surface area contributed by atoms with E-state index >= 15 is 0 Å². The molecule has 1 aliphatic heterocycles. The predicted molar refractivity (Wildman–Crippen MR) is 44.8 cm³/mol. The van der Waals surface area contributed by atoms with E-state index < -0.39 is 0 Å². The van der Waals surface area contributed by atoms with Gasteiger partial charge in [-0.3, -0.25) is 0 Å². The lowest BCUT2D eigenvalue weighted by molar-refractivity contribution is 0.360. The Hall–Kier alpha value is -0.460. The van der Waals surface area contributed by atoms with Gasteiger partial charge in [0.2, 0.25) is 0 Å². The minimum atomic E-state index is 0.851. The first-order valence-corrected chi connectivity index (χ1v) is 4.09. The normalized spacial score (nSPS) is 28.4. The lowest BCUT2D eigenvalue weighted by Crippen LogP contribution is -2.20. The van der Waals surface area contributed by atoms with Crippen LogP contribution in [0, 0.1) is 5.92 Å². The monoisotopic (exact) mass is 139 g/mol. The van der Waals surface area contributed by atoms with E-state index in [1.54, 1.807) is 0 Å². The zero-order chi connectivity index (χ0) is 7.56. The molecule has 1 saturated heterocycles. The van der Waals surface area contributed by atoms with Gasteiger partial charge in [0.15, 0.2) is 0 Å². The van der Waals surface area contributed by atoms with Gasteiger partial charge in [-0.2, -0.15) is 0 Å². The highest BCUT2D eigenvalue weighted by atomic mass is 15.1. The molecule has 10 heavy (non-hydrogen) atoms. The Labute approximate surface area is 63.7 Å². The zero-order valence-electron chi connectivity index (χ0n) is 7.06. The van der Waals surface area contributed by atoms with Crippen LogP contribution in [-0.4, -0.2) is 18.5 Å². The van der Waals surface area contributed by atoms with Crippen LogP contribution in [0.1, 0.15) is 26.2 Å². The Morgan fingerprint density at radius 3 is 3.00 bits per heavy atom. The van der Waals surface area contributed by atoms with E-state index in [4.69, 9.17) is 0 Å². The van der Waals surface area contributed by atoms with Crippen LogP contribution in [0.15, 0.2) is 12.3 Å². The van der Waals surface area contributed by atoms with Gasteiger partial charge in [-0.15, -0.1) is 0 Å². The topological polar surface area (TPSA) is 3.24 Å². The van der Waals surface area contributed by atoms with Crippen LogP contribution in [-0.2, 0) is 0 Å². The standard InChI is InChI=1S/C9H17N/c1-8-5-4-6-9(2)10(3)7-8/h8H,2,4-7H2,1,3H3. The second-order valence-electron chi connectivity index (χ2n) is 3.44. The second kappa shape index (κ2) is 3.09. The molecular weight excluding hydrogens is 122 g/mol. The molecule has 1 aliphatic rings. The minimum Gasteiger partial charge on any atom is -0.378 e. The molecule has 1 heterocycles. The van der Waals surface area contributed by atoms with Gasteiger partial charge in [0.25, 0.3) is 0 Å². The Bertz CT molecular complexity index is 129. The van der Waals surface area contributed by atoms with E-state index in [2.05, 4.69) is 25.5 Å². The van der Waals surface area contributed by atoms with Crippen LogP contribution in [0.25, 0.3) is 0 Å². The van der Waals surface area contributed by atoms with Crippen LogP contribution < -0.4 is 0 Å². The molecule has 0 spiro atoms. The molecule has 1 rings (SSSR count). The predicted octanol–water partition coefficient (Wildman–Crippen LogP) is 2.25. The highest BCUT2D eigenvalue weighted by Gasteiger charge is 2.12. The fourth-order valence-electron chi connectivity index (χ4n) is 1.53. The number of hydrogen-bond donors (Lipinski definition) is 0. The summed E-state index contributed by atoms with van der Waals surface area (Å²) < 4.78 is 0. The summed E-state index contributed by atoms with van der Waals surface area (Å²) in [5.74, 6) is 0.851. The Kier molecular flexibility index (Phi) is 2.36. The Morgan fingerprint density at radius 2 is 2.30 bits per heavy atom. The summed E-state index contributed by atoms with van der Waals surface area (Å²) in [4.78, 5) is 2.29. The molecule has 58 valence electrons. The van der Waals surface area contributed by atoms with Crippen molar-refractivity contribution in [3.8, 4) is 0 Å². The molecule has 0 aliphatic carbocycles. The van der Waals surface area contributed by atoms with Gasteiger partial charge in [0, 0.05) is 19.3 Å². The van der Waals surface area contributed by atoms with Crippen LogP contribution >= 0.6 is 0 Å². The van der Waals surface area contributed by atoms with E-state index in [0.29, 0.717) is 0 Å². The molecule has 1 fully saturated rings. The van der Waals surface area contributed by atoms with Crippen LogP contribution in [0.3, 0.4) is 0 Å².